The molecule has 32 heavy (non-hydrogen) atoms. The average molecular weight is 448 g/mol. The van der Waals surface area contributed by atoms with Crippen LogP contribution >= 0.6 is 11.8 Å². The van der Waals surface area contributed by atoms with Crippen molar-refractivity contribution in [3.8, 4) is 0 Å². The van der Waals surface area contributed by atoms with Gasteiger partial charge in [-0.25, -0.2) is 4.99 Å². The van der Waals surface area contributed by atoms with E-state index in [1.54, 1.807) is 0 Å². The van der Waals surface area contributed by atoms with E-state index in [0.717, 1.165) is 29.8 Å². The van der Waals surface area contributed by atoms with E-state index >= 15 is 0 Å². The summed E-state index contributed by atoms with van der Waals surface area (Å²) in [7, 11) is 0. The van der Waals surface area contributed by atoms with Gasteiger partial charge in [0.25, 0.3) is 5.91 Å². The number of carbonyl (C=O) groups excluding carboxylic acids is 1. The predicted molar refractivity (Wildman–Crippen MR) is 138 cm³/mol. The Hall–Kier alpha value is -2.53. The Morgan fingerprint density at radius 2 is 1.97 bits per heavy atom. The topological polar surface area (TPSA) is 44.7 Å². The minimum absolute atomic E-state index is 0.0828. The molecule has 168 valence electrons. The van der Waals surface area contributed by atoms with E-state index < -0.39 is 0 Å². The zero-order chi connectivity index (χ0) is 23.2. The number of thioether (sulfide) groups is 1. The Labute approximate surface area is 196 Å². The number of nitrogens with one attached hydrogen (secondary N) is 1. The number of benzene rings is 2. The summed E-state index contributed by atoms with van der Waals surface area (Å²) in [5.74, 6) is 0.396. The molecule has 2 aromatic carbocycles. The number of amides is 1. The summed E-state index contributed by atoms with van der Waals surface area (Å²) in [6.07, 6.45) is 3.14. The molecule has 1 saturated heterocycles. The first-order valence-corrected chi connectivity index (χ1v) is 12.2. The van der Waals surface area contributed by atoms with Crippen LogP contribution in [0, 0.1) is 20.8 Å². The van der Waals surface area contributed by atoms with Crippen molar-refractivity contribution in [2.45, 2.75) is 66.3 Å². The number of amidine groups is 1. The molecule has 2 heterocycles. The Bertz CT molecular complexity index is 1150. The summed E-state index contributed by atoms with van der Waals surface area (Å²) in [5, 5.41) is 3.57. The summed E-state index contributed by atoms with van der Waals surface area (Å²) in [5.41, 5.74) is 8.37. The van der Waals surface area contributed by atoms with Gasteiger partial charge in [0.05, 0.1) is 10.6 Å². The molecule has 4 nitrogen and oxygen atoms in total. The fourth-order valence-corrected chi connectivity index (χ4v) is 5.82. The molecule has 0 bridgehead atoms. The standard InChI is InChI=1S/C27H33N3OS/c1-8-30-23-12-17(3)20(13-21(23)18(4)15-27(30,6)7)14-24-25(31)29-26(32-24)28-22-11-9-10-16(2)19(22)5/h9-14,18H,8,15H2,1-7H3,(H,28,29,31)/b24-14-/t18-/m0/s1. The number of nitrogens with zero attached hydrogens (tertiary/aromatic N) is 2. The van der Waals surface area contributed by atoms with Crippen molar-refractivity contribution >= 4 is 40.3 Å². The van der Waals surface area contributed by atoms with Gasteiger partial charge in [0.1, 0.15) is 0 Å². The molecule has 0 saturated carbocycles. The molecule has 1 N–H and O–H groups in total. The molecule has 0 unspecified atom stereocenters. The smallest absolute Gasteiger partial charge is 0.264 e. The lowest BCUT2D eigenvalue weighted by Gasteiger charge is -2.47. The van der Waals surface area contributed by atoms with E-state index in [9.17, 15) is 4.79 Å². The van der Waals surface area contributed by atoms with Crippen LogP contribution in [-0.2, 0) is 4.79 Å². The quantitative estimate of drug-likeness (QED) is 0.538. The summed E-state index contributed by atoms with van der Waals surface area (Å²) in [6, 6.07) is 10.6. The molecule has 2 aromatic rings. The fraction of sp³-hybridized carbons (Fsp3) is 0.407. The second-order valence-corrected chi connectivity index (χ2v) is 10.7. The molecule has 4 rings (SSSR count). The lowest BCUT2D eigenvalue weighted by molar-refractivity contribution is -0.115. The van der Waals surface area contributed by atoms with E-state index in [1.807, 2.05) is 18.2 Å². The van der Waals surface area contributed by atoms with Gasteiger partial charge in [0, 0.05) is 17.8 Å². The first-order chi connectivity index (χ1) is 15.1. The largest absolute Gasteiger partial charge is 0.366 e. The van der Waals surface area contributed by atoms with Crippen LogP contribution in [0.15, 0.2) is 40.2 Å². The third-order valence-corrected chi connectivity index (χ3v) is 7.74. The predicted octanol–water partition coefficient (Wildman–Crippen LogP) is 6.62. The number of carbonyl (C=O) groups is 1. The van der Waals surface area contributed by atoms with Gasteiger partial charge in [-0.3, -0.25) is 4.79 Å². The van der Waals surface area contributed by atoms with E-state index in [4.69, 9.17) is 4.99 Å². The Morgan fingerprint density at radius 3 is 2.69 bits per heavy atom. The average Bonchev–Trinajstić information content (AvgIpc) is 3.05. The highest BCUT2D eigenvalue weighted by atomic mass is 32.2. The highest BCUT2D eigenvalue weighted by Crippen LogP contribution is 2.44. The van der Waals surface area contributed by atoms with Crippen LogP contribution in [0.5, 0.6) is 0 Å². The van der Waals surface area contributed by atoms with Crippen LogP contribution in [0.1, 0.15) is 67.9 Å². The molecule has 0 spiro atoms. The number of hydrogen-bond donors (Lipinski definition) is 1. The molecule has 1 amide bonds. The maximum absolute atomic E-state index is 12.7. The van der Waals surface area contributed by atoms with Crippen molar-refractivity contribution in [3.63, 3.8) is 0 Å². The number of anilines is 1. The molecule has 1 atom stereocenters. The summed E-state index contributed by atoms with van der Waals surface area (Å²) < 4.78 is 0. The number of rotatable bonds is 3. The van der Waals surface area contributed by atoms with E-state index in [0.29, 0.717) is 16.0 Å². The van der Waals surface area contributed by atoms with Crippen molar-refractivity contribution in [1.82, 2.24) is 5.32 Å². The summed E-state index contributed by atoms with van der Waals surface area (Å²) >= 11 is 1.41. The highest BCUT2D eigenvalue weighted by Gasteiger charge is 2.36. The van der Waals surface area contributed by atoms with Crippen LogP contribution in [0.4, 0.5) is 11.4 Å². The zero-order valence-corrected chi connectivity index (χ0v) is 21.0. The SMILES string of the molecule is CCN1c2cc(C)c(/C=C3\SC(=Nc4cccc(C)c4C)NC3=O)cc2[C@@H](C)CC1(C)C. The van der Waals surface area contributed by atoms with Crippen molar-refractivity contribution in [2.75, 3.05) is 11.4 Å². The van der Waals surface area contributed by atoms with Crippen molar-refractivity contribution in [2.24, 2.45) is 4.99 Å². The molecule has 0 radical (unpaired) electrons. The van der Waals surface area contributed by atoms with Gasteiger partial charge in [-0.1, -0.05) is 19.1 Å². The van der Waals surface area contributed by atoms with E-state index in [-0.39, 0.29) is 11.4 Å². The Balaban J connectivity index is 1.68. The number of aliphatic imine (C=N–C) groups is 1. The van der Waals surface area contributed by atoms with Gasteiger partial charge in [0.2, 0.25) is 0 Å². The van der Waals surface area contributed by atoms with Crippen LogP contribution < -0.4 is 10.2 Å². The third kappa shape index (κ3) is 4.11. The molecule has 0 aliphatic carbocycles. The molecule has 5 heteroatoms. The van der Waals surface area contributed by atoms with Crippen LogP contribution in [0.2, 0.25) is 0 Å². The normalized spacial score (nSPS) is 22.4. The molecular formula is C27H33N3OS. The monoisotopic (exact) mass is 447 g/mol. The molecule has 2 aliphatic heterocycles. The molecule has 0 aromatic heterocycles. The Kier molecular flexibility index (Phi) is 5.97. The van der Waals surface area contributed by atoms with Gasteiger partial charge in [-0.15, -0.1) is 0 Å². The molecule has 2 aliphatic rings. The van der Waals surface area contributed by atoms with Gasteiger partial charge in [-0.2, -0.15) is 0 Å². The second kappa shape index (κ2) is 8.43. The fourth-order valence-electron chi connectivity index (χ4n) is 4.99. The Morgan fingerprint density at radius 1 is 1.22 bits per heavy atom. The van der Waals surface area contributed by atoms with E-state index in [1.165, 1.54) is 34.1 Å². The van der Waals surface area contributed by atoms with Crippen molar-refractivity contribution in [3.05, 3.63) is 63.1 Å². The minimum Gasteiger partial charge on any atom is -0.366 e. The second-order valence-electron chi connectivity index (χ2n) is 9.63. The lowest BCUT2D eigenvalue weighted by Crippen LogP contribution is -2.48. The first kappa shape index (κ1) is 22.7. The zero-order valence-electron chi connectivity index (χ0n) is 20.2. The summed E-state index contributed by atoms with van der Waals surface area (Å²) in [4.78, 5) is 20.6. The highest BCUT2D eigenvalue weighted by molar-refractivity contribution is 8.18. The number of fused-ring (bicyclic) bond motifs is 1. The lowest BCUT2D eigenvalue weighted by atomic mass is 9.79. The first-order valence-electron chi connectivity index (χ1n) is 11.4. The van der Waals surface area contributed by atoms with Gasteiger partial charge in [-0.05, 0) is 118 Å². The van der Waals surface area contributed by atoms with Crippen LogP contribution in [0.3, 0.4) is 0 Å². The minimum atomic E-state index is -0.0828. The van der Waals surface area contributed by atoms with Crippen LogP contribution in [0.25, 0.3) is 6.08 Å². The van der Waals surface area contributed by atoms with E-state index in [2.05, 4.69) is 76.9 Å². The van der Waals surface area contributed by atoms with Gasteiger partial charge < -0.3 is 10.2 Å². The molecule has 1 fully saturated rings. The third-order valence-electron chi connectivity index (χ3n) is 6.83. The number of aryl methyl sites for hydroxylation is 2. The number of hydrogen-bond acceptors (Lipinski definition) is 4. The maximum atomic E-state index is 12.7. The maximum Gasteiger partial charge on any atom is 0.264 e. The summed E-state index contributed by atoms with van der Waals surface area (Å²) in [6.45, 7) is 16.5. The van der Waals surface area contributed by atoms with Gasteiger partial charge in [0.15, 0.2) is 5.17 Å². The van der Waals surface area contributed by atoms with Crippen molar-refractivity contribution < 1.29 is 4.79 Å². The van der Waals surface area contributed by atoms with Crippen molar-refractivity contribution in [1.29, 1.82) is 0 Å². The molecular weight excluding hydrogens is 414 g/mol. The van der Waals surface area contributed by atoms with Crippen LogP contribution in [-0.4, -0.2) is 23.2 Å². The van der Waals surface area contributed by atoms with Gasteiger partial charge >= 0.3 is 0 Å².